The molecule has 0 saturated carbocycles. The molecule has 0 radical (unpaired) electrons. The Hall–Kier alpha value is -2.36. The highest BCUT2D eigenvalue weighted by Gasteiger charge is 2.23. The first kappa shape index (κ1) is 16.5. The first-order valence-electron chi connectivity index (χ1n) is 8.74. The summed E-state index contributed by atoms with van der Waals surface area (Å²) in [6.07, 6.45) is 6.57. The highest BCUT2D eigenvalue weighted by molar-refractivity contribution is 6.07. The van der Waals surface area contributed by atoms with Crippen molar-refractivity contribution in [1.82, 2.24) is 4.98 Å². The Labute approximate surface area is 143 Å². The quantitative estimate of drug-likeness (QED) is 0.900. The third-order valence-corrected chi connectivity index (χ3v) is 4.39. The largest absolute Gasteiger partial charge is 0.384 e. The van der Waals surface area contributed by atoms with E-state index in [0.717, 1.165) is 43.7 Å². The van der Waals surface area contributed by atoms with Crippen molar-refractivity contribution >= 4 is 17.3 Å². The van der Waals surface area contributed by atoms with Gasteiger partial charge in [0, 0.05) is 31.2 Å². The molecule has 1 N–H and O–H groups in total. The molecule has 0 spiro atoms. The average molecular weight is 323 g/mol. The molecular weight excluding hydrogens is 298 g/mol. The van der Waals surface area contributed by atoms with Gasteiger partial charge in [-0.25, -0.2) is 0 Å². The van der Waals surface area contributed by atoms with Crippen LogP contribution < -0.4 is 10.2 Å². The number of nitrogens with zero attached hydrogens (tertiary/aromatic N) is 2. The van der Waals surface area contributed by atoms with Gasteiger partial charge in [-0.1, -0.05) is 32.0 Å². The van der Waals surface area contributed by atoms with E-state index in [0.29, 0.717) is 11.5 Å². The van der Waals surface area contributed by atoms with E-state index < -0.39 is 0 Å². The third-order valence-electron chi connectivity index (χ3n) is 4.39. The molecule has 1 amide bonds. The molecule has 1 aromatic heterocycles. The van der Waals surface area contributed by atoms with Gasteiger partial charge in [-0.05, 0) is 42.9 Å². The van der Waals surface area contributed by atoms with Crippen LogP contribution in [0.4, 0.5) is 11.4 Å². The van der Waals surface area contributed by atoms with Crippen molar-refractivity contribution in [3.8, 4) is 0 Å². The van der Waals surface area contributed by atoms with E-state index in [9.17, 15) is 4.79 Å². The second-order valence-electron chi connectivity index (χ2n) is 6.76. The van der Waals surface area contributed by atoms with Crippen LogP contribution in [-0.2, 0) is 6.42 Å². The molecule has 1 aliphatic rings. The predicted octanol–water partition coefficient (Wildman–Crippen LogP) is 4.13. The Kier molecular flexibility index (Phi) is 5.14. The molecule has 2 aromatic rings. The van der Waals surface area contributed by atoms with E-state index in [-0.39, 0.29) is 5.91 Å². The number of carbonyl (C=O) groups is 1. The molecule has 126 valence electrons. The normalized spacial score (nSPS) is 13.7. The van der Waals surface area contributed by atoms with Crippen LogP contribution in [0.25, 0.3) is 0 Å². The van der Waals surface area contributed by atoms with Gasteiger partial charge in [-0.2, -0.15) is 0 Å². The van der Waals surface area contributed by atoms with E-state index in [1.54, 1.807) is 12.4 Å². The lowest BCUT2D eigenvalue weighted by atomic mass is 10.0. The molecular formula is C20H25N3O. The van der Waals surface area contributed by atoms with Gasteiger partial charge in [-0.3, -0.25) is 9.78 Å². The Morgan fingerprint density at radius 2 is 2.12 bits per heavy atom. The monoisotopic (exact) mass is 323 g/mol. The number of carbonyl (C=O) groups excluding carboxylic acids is 1. The summed E-state index contributed by atoms with van der Waals surface area (Å²) < 4.78 is 0. The summed E-state index contributed by atoms with van der Waals surface area (Å²) in [5.41, 5.74) is 3.83. The standard InChI is InChI=1S/C20H25N3O/c1-15(2)9-10-22-18-12-17(13-21-14-18)20(24)23-11-5-7-16-6-3-4-8-19(16)23/h3-4,6,8,12-15,22H,5,7,9-11H2,1-2H3. The number of nitrogens with one attached hydrogen (secondary N) is 1. The maximum absolute atomic E-state index is 13.0. The van der Waals surface area contributed by atoms with Gasteiger partial charge < -0.3 is 10.2 Å². The summed E-state index contributed by atoms with van der Waals surface area (Å²) in [6.45, 7) is 6.06. The lowest BCUT2D eigenvalue weighted by molar-refractivity contribution is 0.0985. The van der Waals surface area contributed by atoms with Crippen LogP contribution in [0.2, 0.25) is 0 Å². The zero-order chi connectivity index (χ0) is 16.9. The second kappa shape index (κ2) is 7.47. The van der Waals surface area contributed by atoms with Crippen molar-refractivity contribution in [3.05, 3.63) is 53.9 Å². The molecule has 3 rings (SSSR count). The van der Waals surface area contributed by atoms with Crippen molar-refractivity contribution in [2.45, 2.75) is 33.1 Å². The number of hydrogen-bond donors (Lipinski definition) is 1. The van der Waals surface area contributed by atoms with E-state index in [1.807, 2.05) is 29.2 Å². The van der Waals surface area contributed by atoms with Crippen LogP contribution in [0.3, 0.4) is 0 Å². The molecule has 0 unspecified atom stereocenters. The number of aryl methyl sites for hydroxylation is 1. The number of anilines is 2. The van der Waals surface area contributed by atoms with Crippen LogP contribution in [0.15, 0.2) is 42.7 Å². The smallest absolute Gasteiger partial charge is 0.259 e. The van der Waals surface area contributed by atoms with Crippen LogP contribution in [-0.4, -0.2) is 24.0 Å². The molecule has 1 aromatic carbocycles. The second-order valence-corrected chi connectivity index (χ2v) is 6.76. The van der Waals surface area contributed by atoms with E-state index in [2.05, 4.69) is 30.2 Å². The van der Waals surface area contributed by atoms with Gasteiger partial charge in [0.05, 0.1) is 11.3 Å². The number of benzene rings is 1. The molecule has 0 aliphatic carbocycles. The molecule has 4 heteroatoms. The molecule has 0 fully saturated rings. The highest BCUT2D eigenvalue weighted by Crippen LogP contribution is 2.28. The number of pyridine rings is 1. The number of amides is 1. The number of rotatable bonds is 5. The third kappa shape index (κ3) is 3.75. The molecule has 1 aliphatic heterocycles. The van der Waals surface area contributed by atoms with E-state index in [1.165, 1.54) is 5.56 Å². The topological polar surface area (TPSA) is 45.2 Å². The summed E-state index contributed by atoms with van der Waals surface area (Å²) in [4.78, 5) is 19.1. The Morgan fingerprint density at radius 1 is 1.29 bits per heavy atom. The van der Waals surface area contributed by atoms with Crippen LogP contribution >= 0.6 is 0 Å². The van der Waals surface area contributed by atoms with Crippen molar-refractivity contribution in [2.75, 3.05) is 23.3 Å². The highest BCUT2D eigenvalue weighted by atomic mass is 16.2. The fourth-order valence-corrected chi connectivity index (χ4v) is 3.06. The lowest BCUT2D eigenvalue weighted by Crippen LogP contribution is -2.35. The van der Waals surface area contributed by atoms with Crippen molar-refractivity contribution in [3.63, 3.8) is 0 Å². The van der Waals surface area contributed by atoms with Crippen molar-refractivity contribution < 1.29 is 4.79 Å². The van der Waals surface area contributed by atoms with Crippen LogP contribution in [0, 0.1) is 5.92 Å². The lowest BCUT2D eigenvalue weighted by Gasteiger charge is -2.29. The maximum atomic E-state index is 13.0. The number of hydrogen-bond acceptors (Lipinski definition) is 3. The molecule has 0 saturated heterocycles. The Morgan fingerprint density at radius 3 is 2.96 bits per heavy atom. The fourth-order valence-electron chi connectivity index (χ4n) is 3.06. The average Bonchev–Trinajstić information content (AvgIpc) is 2.60. The predicted molar refractivity (Wildman–Crippen MR) is 98.6 cm³/mol. The fraction of sp³-hybridized carbons (Fsp3) is 0.400. The molecule has 0 atom stereocenters. The molecule has 24 heavy (non-hydrogen) atoms. The Bertz CT molecular complexity index is 712. The van der Waals surface area contributed by atoms with Crippen LogP contribution in [0.5, 0.6) is 0 Å². The van der Waals surface area contributed by atoms with E-state index >= 15 is 0 Å². The minimum Gasteiger partial charge on any atom is -0.384 e. The summed E-state index contributed by atoms with van der Waals surface area (Å²) >= 11 is 0. The van der Waals surface area contributed by atoms with Gasteiger partial charge >= 0.3 is 0 Å². The summed E-state index contributed by atoms with van der Waals surface area (Å²) in [5, 5.41) is 3.36. The van der Waals surface area contributed by atoms with Gasteiger partial charge in [0.1, 0.15) is 0 Å². The molecule has 2 heterocycles. The van der Waals surface area contributed by atoms with Crippen LogP contribution in [0.1, 0.15) is 42.6 Å². The molecule has 0 bridgehead atoms. The van der Waals surface area contributed by atoms with Gasteiger partial charge in [0.25, 0.3) is 5.91 Å². The number of para-hydroxylation sites is 1. The van der Waals surface area contributed by atoms with Crippen molar-refractivity contribution in [2.24, 2.45) is 5.92 Å². The molecule has 4 nitrogen and oxygen atoms in total. The first-order chi connectivity index (χ1) is 11.6. The minimum atomic E-state index is 0.0298. The van der Waals surface area contributed by atoms with Crippen molar-refractivity contribution in [1.29, 1.82) is 0 Å². The van der Waals surface area contributed by atoms with Gasteiger partial charge in [0.15, 0.2) is 0 Å². The zero-order valence-corrected chi connectivity index (χ0v) is 14.5. The van der Waals surface area contributed by atoms with Gasteiger partial charge in [-0.15, -0.1) is 0 Å². The van der Waals surface area contributed by atoms with Gasteiger partial charge in [0.2, 0.25) is 0 Å². The maximum Gasteiger partial charge on any atom is 0.259 e. The SMILES string of the molecule is CC(C)CCNc1cncc(C(=O)N2CCCc3ccccc32)c1. The zero-order valence-electron chi connectivity index (χ0n) is 14.5. The number of aromatic nitrogens is 1. The summed E-state index contributed by atoms with van der Waals surface area (Å²) in [6, 6.07) is 10.1. The first-order valence-corrected chi connectivity index (χ1v) is 8.74. The minimum absolute atomic E-state index is 0.0298. The summed E-state index contributed by atoms with van der Waals surface area (Å²) in [7, 11) is 0. The Balaban J connectivity index is 1.76. The van der Waals surface area contributed by atoms with E-state index in [4.69, 9.17) is 0 Å². The summed E-state index contributed by atoms with van der Waals surface area (Å²) in [5.74, 6) is 0.683. The number of fused-ring (bicyclic) bond motifs is 1.